The quantitative estimate of drug-likeness (QED) is 0.216. The van der Waals surface area contributed by atoms with Crippen molar-refractivity contribution in [3.05, 3.63) is 76.8 Å². The van der Waals surface area contributed by atoms with Gasteiger partial charge in [-0.1, -0.05) is 42.1 Å². The molecule has 39 heavy (non-hydrogen) atoms. The topological polar surface area (TPSA) is 108 Å². The number of hydrogen-bond donors (Lipinski definition) is 0. The molecule has 5 rings (SSSR count). The zero-order chi connectivity index (χ0) is 27.7. The van der Waals surface area contributed by atoms with Gasteiger partial charge in [0.05, 0.1) is 35.2 Å². The lowest BCUT2D eigenvalue weighted by Gasteiger charge is -2.29. The van der Waals surface area contributed by atoms with Crippen molar-refractivity contribution >= 4 is 44.3 Å². The van der Waals surface area contributed by atoms with Crippen LogP contribution in [0.5, 0.6) is 0 Å². The van der Waals surface area contributed by atoms with Crippen LogP contribution in [-0.2, 0) is 26.0 Å². The number of aromatic nitrogens is 4. The van der Waals surface area contributed by atoms with Crippen LogP contribution in [0.2, 0.25) is 5.02 Å². The maximum atomic E-state index is 13.7. The van der Waals surface area contributed by atoms with Crippen molar-refractivity contribution in [3.8, 4) is 11.3 Å². The second-order valence-corrected chi connectivity index (χ2v) is 11.9. The van der Waals surface area contributed by atoms with E-state index < -0.39 is 10.0 Å². The number of halogens is 1. The van der Waals surface area contributed by atoms with Crippen molar-refractivity contribution in [2.75, 3.05) is 7.11 Å². The zero-order valence-corrected chi connectivity index (χ0v) is 23.0. The SMILES string of the molecule is [C-]#[N+]c1cnc(C[C@H]2CCCC[C@@H]2C(=O)OC)nc1-c1cn(S(=O)(=O)c2ccc(C)cc2)c2ncc(Cl)cc12. The first-order chi connectivity index (χ1) is 18.7. The number of hydrogen-bond acceptors (Lipinski definition) is 7. The molecule has 3 aromatic heterocycles. The number of methoxy groups -OCH3 is 1. The van der Waals surface area contributed by atoms with Crippen molar-refractivity contribution in [2.24, 2.45) is 11.8 Å². The third-order valence-corrected chi connectivity index (χ3v) is 9.08. The van der Waals surface area contributed by atoms with Crippen LogP contribution in [0.25, 0.3) is 27.1 Å². The van der Waals surface area contributed by atoms with Crippen LogP contribution in [0, 0.1) is 25.3 Å². The predicted molar refractivity (Wildman–Crippen MR) is 147 cm³/mol. The number of pyridine rings is 1. The summed E-state index contributed by atoms with van der Waals surface area (Å²) in [4.78, 5) is 29.6. The fraction of sp³-hybridized carbons (Fsp3) is 0.321. The smallest absolute Gasteiger partial charge is 0.308 e. The van der Waals surface area contributed by atoms with Crippen LogP contribution in [0.15, 0.2) is 53.8 Å². The summed E-state index contributed by atoms with van der Waals surface area (Å²) in [6, 6.07) is 8.15. The van der Waals surface area contributed by atoms with Crippen molar-refractivity contribution in [3.63, 3.8) is 0 Å². The highest BCUT2D eigenvalue weighted by molar-refractivity contribution is 7.90. The van der Waals surface area contributed by atoms with Gasteiger partial charge in [-0.2, -0.15) is 0 Å². The van der Waals surface area contributed by atoms with Crippen LogP contribution < -0.4 is 0 Å². The molecule has 0 spiro atoms. The Morgan fingerprint density at radius 2 is 1.92 bits per heavy atom. The largest absolute Gasteiger partial charge is 0.469 e. The molecule has 2 atom stereocenters. The van der Waals surface area contributed by atoms with Gasteiger partial charge in [-0.05, 0) is 43.9 Å². The van der Waals surface area contributed by atoms with Gasteiger partial charge in [0.1, 0.15) is 5.82 Å². The number of ether oxygens (including phenoxy) is 1. The van der Waals surface area contributed by atoms with Crippen LogP contribution in [0.4, 0.5) is 5.69 Å². The number of benzene rings is 1. The van der Waals surface area contributed by atoms with Gasteiger partial charge >= 0.3 is 5.97 Å². The van der Waals surface area contributed by atoms with Crippen molar-refractivity contribution in [2.45, 2.75) is 43.9 Å². The number of carbonyl (C=O) groups is 1. The van der Waals surface area contributed by atoms with E-state index in [0.29, 0.717) is 28.2 Å². The first-order valence-electron chi connectivity index (χ1n) is 12.5. The first-order valence-corrected chi connectivity index (χ1v) is 14.3. The van der Waals surface area contributed by atoms with Crippen molar-refractivity contribution in [1.82, 2.24) is 18.9 Å². The molecule has 1 aliphatic carbocycles. The van der Waals surface area contributed by atoms with Crippen LogP contribution >= 0.6 is 11.6 Å². The molecule has 1 aliphatic rings. The molecular weight excluding hydrogens is 538 g/mol. The summed E-state index contributed by atoms with van der Waals surface area (Å²) in [6.45, 7) is 9.60. The molecule has 9 nitrogen and oxygen atoms in total. The fourth-order valence-electron chi connectivity index (χ4n) is 5.19. The summed E-state index contributed by atoms with van der Waals surface area (Å²) in [5.74, 6) is 0.0106. The molecule has 11 heteroatoms. The van der Waals surface area contributed by atoms with Gasteiger partial charge in [-0.3, -0.25) is 9.78 Å². The molecule has 0 aliphatic heterocycles. The summed E-state index contributed by atoms with van der Waals surface area (Å²) >= 11 is 6.27. The number of fused-ring (bicyclic) bond motifs is 1. The van der Waals surface area contributed by atoms with E-state index >= 15 is 0 Å². The Balaban J connectivity index is 1.63. The molecule has 1 aromatic carbocycles. The predicted octanol–water partition coefficient (Wildman–Crippen LogP) is 5.76. The number of aryl methyl sites for hydroxylation is 1. The minimum atomic E-state index is -4.02. The van der Waals surface area contributed by atoms with E-state index in [1.807, 2.05) is 6.92 Å². The van der Waals surface area contributed by atoms with Crippen molar-refractivity contribution < 1.29 is 17.9 Å². The molecule has 0 saturated heterocycles. The van der Waals surface area contributed by atoms with E-state index in [9.17, 15) is 13.2 Å². The van der Waals surface area contributed by atoms with E-state index in [0.717, 1.165) is 35.2 Å². The number of nitrogens with zero attached hydrogens (tertiary/aromatic N) is 5. The highest BCUT2D eigenvalue weighted by Gasteiger charge is 2.33. The maximum absolute atomic E-state index is 13.7. The van der Waals surface area contributed by atoms with E-state index in [1.165, 1.54) is 25.7 Å². The minimum Gasteiger partial charge on any atom is -0.469 e. The zero-order valence-electron chi connectivity index (χ0n) is 21.5. The standard InChI is InChI=1S/C28H26ClN5O4S/c1-17-8-10-20(11-9-17)39(36,37)34-16-23(22-13-19(29)14-32-27(22)34)26-24(30-2)15-31-25(33-26)12-18-6-4-5-7-21(18)28(35)38-3/h8-11,13-16,18,21H,4-7,12H2,1,3H3/t18-,21+/m1/s1. The molecule has 1 fully saturated rings. The molecular formula is C28H26ClN5O4S. The number of esters is 1. The number of rotatable bonds is 6. The molecule has 0 radical (unpaired) electrons. The normalized spacial score (nSPS) is 17.6. The van der Waals surface area contributed by atoms with Gasteiger partial charge in [-0.15, -0.1) is 0 Å². The summed E-state index contributed by atoms with van der Waals surface area (Å²) in [5, 5.41) is 0.758. The average Bonchev–Trinajstić information content (AvgIpc) is 3.32. The lowest BCUT2D eigenvalue weighted by Crippen LogP contribution is -2.30. The minimum absolute atomic E-state index is 0.0113. The molecule has 0 unspecified atom stereocenters. The van der Waals surface area contributed by atoms with E-state index in [-0.39, 0.29) is 39.7 Å². The Hall–Kier alpha value is -3.81. The average molecular weight is 564 g/mol. The Labute approximate surface area is 231 Å². The Morgan fingerprint density at radius 1 is 1.18 bits per heavy atom. The Bertz CT molecular complexity index is 1710. The van der Waals surface area contributed by atoms with Gasteiger partial charge < -0.3 is 4.74 Å². The molecule has 0 amide bonds. The molecule has 200 valence electrons. The van der Waals surface area contributed by atoms with E-state index in [4.69, 9.17) is 27.9 Å². The van der Waals surface area contributed by atoms with Crippen LogP contribution in [-0.4, -0.2) is 40.4 Å². The monoisotopic (exact) mass is 563 g/mol. The van der Waals surface area contributed by atoms with Gasteiger partial charge in [0.25, 0.3) is 10.0 Å². The Morgan fingerprint density at radius 3 is 2.64 bits per heavy atom. The third kappa shape index (κ3) is 5.12. The summed E-state index contributed by atoms with van der Waals surface area (Å²) in [5.41, 5.74) is 1.95. The first kappa shape index (κ1) is 26.8. The summed E-state index contributed by atoms with van der Waals surface area (Å²) in [6.07, 6.45) is 8.24. The van der Waals surface area contributed by atoms with Gasteiger partial charge in [-0.25, -0.2) is 27.2 Å². The van der Waals surface area contributed by atoms with Gasteiger partial charge in [0, 0.05) is 36.0 Å². The molecule has 0 bridgehead atoms. The maximum Gasteiger partial charge on any atom is 0.308 e. The highest BCUT2D eigenvalue weighted by Crippen LogP contribution is 2.38. The molecule has 4 aromatic rings. The third-order valence-electron chi connectivity index (χ3n) is 7.21. The van der Waals surface area contributed by atoms with Gasteiger partial charge in [0.2, 0.25) is 5.69 Å². The van der Waals surface area contributed by atoms with E-state index in [1.54, 1.807) is 30.3 Å². The van der Waals surface area contributed by atoms with Crippen LogP contribution in [0.1, 0.15) is 37.1 Å². The molecule has 1 saturated carbocycles. The molecule has 0 N–H and O–H groups in total. The lowest BCUT2D eigenvalue weighted by atomic mass is 9.77. The molecule has 3 heterocycles. The fourth-order valence-corrected chi connectivity index (χ4v) is 6.67. The Kier molecular flexibility index (Phi) is 7.38. The lowest BCUT2D eigenvalue weighted by molar-refractivity contribution is -0.148. The van der Waals surface area contributed by atoms with Gasteiger partial charge in [0.15, 0.2) is 5.65 Å². The highest BCUT2D eigenvalue weighted by atomic mass is 35.5. The number of carbonyl (C=O) groups excluding carboxylic acids is 1. The van der Waals surface area contributed by atoms with Crippen molar-refractivity contribution in [1.29, 1.82) is 0 Å². The van der Waals surface area contributed by atoms with E-state index in [2.05, 4.69) is 14.8 Å². The second kappa shape index (κ2) is 10.8. The summed E-state index contributed by atoms with van der Waals surface area (Å²) < 4.78 is 33.4. The second-order valence-electron chi connectivity index (χ2n) is 9.69. The van der Waals surface area contributed by atoms with Crippen LogP contribution in [0.3, 0.4) is 0 Å². The summed E-state index contributed by atoms with van der Waals surface area (Å²) in [7, 11) is -2.62.